The Morgan fingerprint density at radius 2 is 2.09 bits per heavy atom. The predicted molar refractivity (Wildman–Crippen MR) is 77.3 cm³/mol. The Balaban J connectivity index is 2.07. The number of ether oxygens (including phenoxy) is 1. The number of aliphatic hydroxyl groups excluding tert-OH is 2. The van der Waals surface area contributed by atoms with Gasteiger partial charge in [0.1, 0.15) is 24.1 Å². The average Bonchev–Trinajstić information content (AvgIpc) is 2.99. The van der Waals surface area contributed by atoms with Crippen LogP contribution in [-0.4, -0.2) is 73.3 Å². The topological polar surface area (TPSA) is 117 Å². The lowest BCUT2D eigenvalue weighted by atomic mass is 9.95. The Bertz CT molecular complexity index is 686. The van der Waals surface area contributed by atoms with E-state index in [1.165, 1.54) is 19.6 Å². The molecule has 22 heavy (non-hydrogen) atoms. The molecule has 0 radical (unpaired) electrons. The normalized spacial score (nSPS) is 31.8. The van der Waals surface area contributed by atoms with Crippen LogP contribution < -0.4 is 4.90 Å². The lowest BCUT2D eigenvalue weighted by Gasteiger charge is -2.25. The van der Waals surface area contributed by atoms with E-state index in [4.69, 9.17) is 4.74 Å². The molecule has 1 fully saturated rings. The van der Waals surface area contributed by atoms with E-state index >= 15 is 0 Å². The monoisotopic (exact) mass is 309 g/mol. The summed E-state index contributed by atoms with van der Waals surface area (Å²) in [6.45, 7) is 1.03. The van der Waals surface area contributed by atoms with Crippen molar-refractivity contribution in [3.63, 3.8) is 0 Å². The fourth-order valence-electron chi connectivity index (χ4n) is 2.66. The molecule has 1 aliphatic rings. The molecule has 0 aliphatic carbocycles. The molecule has 9 heteroatoms. The number of anilines is 1. The molecule has 0 spiro atoms. The van der Waals surface area contributed by atoms with Crippen LogP contribution in [0, 0.1) is 0 Å². The molecule has 2 aromatic heterocycles. The molecule has 0 saturated carbocycles. The summed E-state index contributed by atoms with van der Waals surface area (Å²) in [5.41, 5.74) is -0.513. The Labute approximate surface area is 126 Å². The summed E-state index contributed by atoms with van der Waals surface area (Å²) in [5.74, 6) is 0.640. The van der Waals surface area contributed by atoms with E-state index in [2.05, 4.69) is 15.0 Å². The SMILES string of the molecule is CN(C)c1ncnc2c1ncn2[C@@H]1O[C@H](CO)[C@](C)(O)[C@H]1O. The first-order valence-corrected chi connectivity index (χ1v) is 6.89. The maximum atomic E-state index is 10.3. The van der Waals surface area contributed by atoms with Crippen molar-refractivity contribution in [2.45, 2.75) is 31.0 Å². The van der Waals surface area contributed by atoms with Gasteiger partial charge >= 0.3 is 0 Å². The zero-order valence-corrected chi connectivity index (χ0v) is 12.6. The highest BCUT2D eigenvalue weighted by molar-refractivity contribution is 5.83. The highest BCUT2D eigenvalue weighted by Gasteiger charge is 2.52. The minimum absolute atomic E-state index is 0.398. The summed E-state index contributed by atoms with van der Waals surface area (Å²) < 4.78 is 7.13. The van der Waals surface area contributed by atoms with Gasteiger partial charge in [-0.15, -0.1) is 0 Å². The molecule has 1 saturated heterocycles. The molecule has 3 N–H and O–H groups in total. The van der Waals surface area contributed by atoms with E-state index in [0.29, 0.717) is 17.0 Å². The summed E-state index contributed by atoms with van der Waals surface area (Å²) in [5, 5.41) is 29.9. The third-order valence-electron chi connectivity index (χ3n) is 4.03. The molecule has 0 bridgehead atoms. The second-order valence-corrected chi connectivity index (χ2v) is 5.78. The molecule has 3 rings (SSSR count). The maximum absolute atomic E-state index is 10.3. The summed E-state index contributed by atoms with van der Waals surface area (Å²) in [6.07, 6.45) is -0.114. The van der Waals surface area contributed by atoms with Gasteiger partial charge in [0.2, 0.25) is 0 Å². The molecule has 2 aromatic rings. The van der Waals surface area contributed by atoms with Gasteiger partial charge < -0.3 is 25.0 Å². The van der Waals surface area contributed by atoms with E-state index in [9.17, 15) is 15.3 Å². The first-order chi connectivity index (χ1) is 10.4. The zero-order chi connectivity index (χ0) is 16.1. The van der Waals surface area contributed by atoms with Crippen molar-refractivity contribution < 1.29 is 20.1 Å². The van der Waals surface area contributed by atoms with Gasteiger partial charge in [-0.25, -0.2) is 15.0 Å². The number of imidazole rings is 1. The van der Waals surface area contributed by atoms with Crippen molar-refractivity contribution in [1.29, 1.82) is 0 Å². The molecule has 9 nitrogen and oxygen atoms in total. The van der Waals surface area contributed by atoms with Crippen LogP contribution in [0.1, 0.15) is 13.2 Å². The van der Waals surface area contributed by atoms with Gasteiger partial charge in [-0.3, -0.25) is 4.57 Å². The number of nitrogens with zero attached hydrogens (tertiary/aromatic N) is 5. The lowest BCUT2D eigenvalue weighted by Crippen LogP contribution is -2.46. The second-order valence-electron chi connectivity index (χ2n) is 5.78. The first-order valence-electron chi connectivity index (χ1n) is 6.89. The van der Waals surface area contributed by atoms with Crippen LogP contribution in [0.2, 0.25) is 0 Å². The minimum Gasteiger partial charge on any atom is -0.394 e. The molecule has 3 heterocycles. The fraction of sp³-hybridized carbons (Fsp3) is 0.615. The Hall–Kier alpha value is -1.81. The standard InChI is InChI=1S/C13H19N5O4/c1-13(21)7(4-19)22-12(9(13)20)18-6-16-8-10(17(2)3)14-5-15-11(8)18/h5-7,9,12,19-21H,4H2,1-3H3/t7-,9+,12-,13+/m1/s1. The number of hydrogen-bond donors (Lipinski definition) is 3. The minimum atomic E-state index is -1.56. The molecule has 0 amide bonds. The molecule has 4 atom stereocenters. The summed E-state index contributed by atoms with van der Waals surface area (Å²) >= 11 is 0. The summed E-state index contributed by atoms with van der Waals surface area (Å²) in [6, 6.07) is 0. The van der Waals surface area contributed by atoms with E-state index in [-0.39, 0.29) is 0 Å². The van der Waals surface area contributed by atoms with Gasteiger partial charge in [0.15, 0.2) is 23.2 Å². The van der Waals surface area contributed by atoms with Crippen LogP contribution in [0.25, 0.3) is 11.2 Å². The van der Waals surface area contributed by atoms with Crippen LogP contribution >= 0.6 is 0 Å². The molecule has 120 valence electrons. The van der Waals surface area contributed by atoms with E-state index in [1.807, 2.05) is 14.1 Å². The van der Waals surface area contributed by atoms with Gasteiger partial charge in [0.05, 0.1) is 12.9 Å². The van der Waals surface area contributed by atoms with Gasteiger partial charge in [0, 0.05) is 14.1 Å². The predicted octanol–water partition coefficient (Wildman–Crippen LogP) is -1.11. The Kier molecular flexibility index (Phi) is 3.52. The smallest absolute Gasteiger partial charge is 0.167 e. The summed E-state index contributed by atoms with van der Waals surface area (Å²) in [4.78, 5) is 14.4. The van der Waals surface area contributed by atoms with Crippen LogP contribution in [0.5, 0.6) is 0 Å². The number of fused-ring (bicyclic) bond motifs is 1. The fourth-order valence-corrected chi connectivity index (χ4v) is 2.66. The van der Waals surface area contributed by atoms with Crippen LogP contribution in [0.15, 0.2) is 12.7 Å². The average molecular weight is 309 g/mol. The van der Waals surface area contributed by atoms with Crippen LogP contribution in [-0.2, 0) is 4.74 Å². The van der Waals surface area contributed by atoms with Crippen molar-refractivity contribution >= 4 is 17.0 Å². The van der Waals surface area contributed by atoms with Crippen LogP contribution in [0.3, 0.4) is 0 Å². The third kappa shape index (κ3) is 2.05. The van der Waals surface area contributed by atoms with Crippen molar-refractivity contribution in [2.24, 2.45) is 0 Å². The molecular formula is C13H19N5O4. The van der Waals surface area contributed by atoms with Gasteiger partial charge in [-0.2, -0.15) is 0 Å². The quantitative estimate of drug-likeness (QED) is 0.654. The second kappa shape index (κ2) is 5.13. The number of hydrogen-bond acceptors (Lipinski definition) is 8. The van der Waals surface area contributed by atoms with Crippen molar-refractivity contribution in [2.75, 3.05) is 25.6 Å². The maximum Gasteiger partial charge on any atom is 0.167 e. The Morgan fingerprint density at radius 3 is 2.68 bits per heavy atom. The van der Waals surface area contributed by atoms with Gasteiger partial charge in [-0.1, -0.05) is 0 Å². The Morgan fingerprint density at radius 1 is 1.36 bits per heavy atom. The molecular weight excluding hydrogens is 290 g/mol. The molecule has 1 aliphatic heterocycles. The number of aliphatic hydroxyl groups is 3. The van der Waals surface area contributed by atoms with Crippen molar-refractivity contribution in [3.05, 3.63) is 12.7 Å². The van der Waals surface area contributed by atoms with Gasteiger partial charge in [0.25, 0.3) is 0 Å². The van der Waals surface area contributed by atoms with Crippen LogP contribution in [0.4, 0.5) is 5.82 Å². The highest BCUT2D eigenvalue weighted by atomic mass is 16.6. The highest BCUT2D eigenvalue weighted by Crippen LogP contribution is 2.38. The molecule has 0 unspecified atom stereocenters. The van der Waals surface area contributed by atoms with Crippen molar-refractivity contribution in [1.82, 2.24) is 19.5 Å². The number of rotatable bonds is 3. The van der Waals surface area contributed by atoms with E-state index < -0.39 is 30.6 Å². The summed E-state index contributed by atoms with van der Waals surface area (Å²) in [7, 11) is 3.68. The van der Waals surface area contributed by atoms with Gasteiger partial charge in [-0.05, 0) is 6.92 Å². The lowest BCUT2D eigenvalue weighted by molar-refractivity contribution is -0.0804. The van der Waals surface area contributed by atoms with E-state index in [1.54, 1.807) is 9.47 Å². The molecule has 0 aromatic carbocycles. The van der Waals surface area contributed by atoms with E-state index in [0.717, 1.165) is 0 Å². The van der Waals surface area contributed by atoms with Crippen molar-refractivity contribution in [3.8, 4) is 0 Å². The first kappa shape index (κ1) is 15.1. The zero-order valence-electron chi connectivity index (χ0n) is 12.6. The number of aromatic nitrogens is 4. The third-order valence-corrected chi connectivity index (χ3v) is 4.03. The largest absolute Gasteiger partial charge is 0.394 e.